The highest BCUT2D eigenvalue weighted by molar-refractivity contribution is 5.87. The highest BCUT2D eigenvalue weighted by Crippen LogP contribution is 2.13. The van der Waals surface area contributed by atoms with Gasteiger partial charge in [0.05, 0.1) is 12.2 Å². The minimum atomic E-state index is -0.937. The van der Waals surface area contributed by atoms with Crippen LogP contribution in [0, 0.1) is 0 Å². The zero-order chi connectivity index (χ0) is 16.9. The largest absolute Gasteiger partial charge is 0.494 e. The number of carboxylic acids is 1. The number of aromatic carboxylic acids is 1. The Hall–Kier alpha value is -2.08. The summed E-state index contributed by atoms with van der Waals surface area (Å²) < 4.78 is 5.56. The quantitative estimate of drug-likeness (QED) is 0.311. The number of ether oxygens (including phenoxy) is 1. The molecule has 0 unspecified atom stereocenters. The average Bonchev–Trinajstić information content (AvgIpc) is 2.56. The van der Waals surface area contributed by atoms with Crippen LogP contribution in [0.5, 0.6) is 5.75 Å². The van der Waals surface area contributed by atoms with E-state index in [0.29, 0.717) is 18.8 Å². The molecular formula is C17H25NO5. The Morgan fingerprint density at radius 3 is 2.04 bits per heavy atom. The van der Waals surface area contributed by atoms with Crippen LogP contribution in [0.2, 0.25) is 0 Å². The molecule has 0 aliphatic carbocycles. The molecule has 0 bridgehead atoms. The summed E-state index contributed by atoms with van der Waals surface area (Å²) >= 11 is 0. The maximum atomic E-state index is 10.8. The molecule has 1 aromatic rings. The number of hydrogen-bond donors (Lipinski definition) is 3. The second kappa shape index (κ2) is 11.5. The smallest absolute Gasteiger partial charge is 0.335 e. The predicted octanol–water partition coefficient (Wildman–Crippen LogP) is 3.39. The van der Waals surface area contributed by atoms with Crippen molar-refractivity contribution in [1.82, 2.24) is 5.48 Å². The van der Waals surface area contributed by atoms with Crippen LogP contribution in [0.3, 0.4) is 0 Å². The van der Waals surface area contributed by atoms with E-state index in [1.165, 1.54) is 12.1 Å². The maximum absolute atomic E-state index is 10.8. The van der Waals surface area contributed by atoms with Crippen LogP contribution in [-0.4, -0.2) is 28.8 Å². The number of nitrogens with one attached hydrogen (secondary N) is 1. The topological polar surface area (TPSA) is 95.9 Å². The summed E-state index contributed by atoms with van der Waals surface area (Å²) in [5.74, 6) is -0.566. The van der Waals surface area contributed by atoms with E-state index >= 15 is 0 Å². The molecule has 0 saturated heterocycles. The molecule has 1 rings (SSSR count). The number of carbonyl (C=O) groups is 2. The fraction of sp³-hybridized carbons (Fsp3) is 0.529. The second-order valence-electron chi connectivity index (χ2n) is 5.44. The third-order valence-corrected chi connectivity index (χ3v) is 3.54. The average molecular weight is 323 g/mol. The van der Waals surface area contributed by atoms with Gasteiger partial charge >= 0.3 is 5.97 Å². The van der Waals surface area contributed by atoms with E-state index in [1.54, 1.807) is 17.6 Å². The minimum absolute atomic E-state index is 0.258. The second-order valence-corrected chi connectivity index (χ2v) is 5.44. The molecule has 1 aromatic carbocycles. The van der Waals surface area contributed by atoms with E-state index in [-0.39, 0.29) is 11.5 Å². The number of carboxylic acid groups (broad SMARTS) is 1. The van der Waals surface area contributed by atoms with Crippen LogP contribution >= 0.6 is 0 Å². The van der Waals surface area contributed by atoms with Crippen molar-refractivity contribution in [2.75, 3.05) is 6.61 Å². The van der Waals surface area contributed by atoms with Crippen molar-refractivity contribution in [3.05, 3.63) is 29.8 Å². The van der Waals surface area contributed by atoms with Crippen molar-refractivity contribution in [3.8, 4) is 5.75 Å². The van der Waals surface area contributed by atoms with Gasteiger partial charge in [0, 0.05) is 6.42 Å². The number of unbranched alkanes of at least 4 members (excludes halogenated alkanes) is 6. The van der Waals surface area contributed by atoms with E-state index < -0.39 is 5.97 Å². The molecule has 3 N–H and O–H groups in total. The monoisotopic (exact) mass is 323 g/mol. The van der Waals surface area contributed by atoms with Gasteiger partial charge in [0.2, 0.25) is 5.91 Å². The molecule has 0 aromatic heterocycles. The molecule has 128 valence electrons. The lowest BCUT2D eigenvalue weighted by Gasteiger charge is -2.06. The van der Waals surface area contributed by atoms with Crippen molar-refractivity contribution in [1.29, 1.82) is 0 Å². The number of hydroxylamine groups is 1. The zero-order valence-electron chi connectivity index (χ0n) is 13.3. The Balaban J connectivity index is 1.95. The number of rotatable bonds is 12. The van der Waals surface area contributed by atoms with Gasteiger partial charge < -0.3 is 9.84 Å². The Morgan fingerprint density at radius 2 is 1.48 bits per heavy atom. The summed E-state index contributed by atoms with van der Waals surface area (Å²) in [5.41, 5.74) is 1.89. The van der Waals surface area contributed by atoms with E-state index in [9.17, 15) is 9.59 Å². The molecule has 0 heterocycles. The zero-order valence-corrected chi connectivity index (χ0v) is 13.3. The Morgan fingerprint density at radius 1 is 0.913 bits per heavy atom. The molecule has 0 fully saturated rings. The van der Waals surface area contributed by atoms with E-state index in [0.717, 1.165) is 44.9 Å². The fourth-order valence-electron chi connectivity index (χ4n) is 2.21. The fourth-order valence-corrected chi connectivity index (χ4v) is 2.21. The molecule has 0 radical (unpaired) electrons. The highest BCUT2D eigenvalue weighted by atomic mass is 16.5. The molecule has 0 aliphatic rings. The van der Waals surface area contributed by atoms with Gasteiger partial charge in [-0.2, -0.15) is 0 Å². The summed E-state index contributed by atoms with van der Waals surface area (Å²) in [7, 11) is 0. The maximum Gasteiger partial charge on any atom is 0.335 e. The van der Waals surface area contributed by atoms with Gasteiger partial charge in [0.15, 0.2) is 0 Å². The van der Waals surface area contributed by atoms with Gasteiger partial charge in [-0.1, -0.05) is 32.1 Å². The van der Waals surface area contributed by atoms with Crippen LogP contribution in [0.1, 0.15) is 61.7 Å². The highest BCUT2D eigenvalue weighted by Gasteiger charge is 2.02. The number of amides is 1. The SMILES string of the molecule is O=C(CCCCCCCCCOc1ccc(C(=O)O)cc1)NO. The van der Waals surface area contributed by atoms with Gasteiger partial charge in [-0.15, -0.1) is 0 Å². The van der Waals surface area contributed by atoms with Gasteiger partial charge in [0.25, 0.3) is 0 Å². The first kappa shape index (κ1) is 19.0. The van der Waals surface area contributed by atoms with Crippen molar-refractivity contribution >= 4 is 11.9 Å². The van der Waals surface area contributed by atoms with E-state index in [4.69, 9.17) is 15.1 Å². The third kappa shape index (κ3) is 8.83. The molecule has 1 amide bonds. The lowest BCUT2D eigenvalue weighted by Crippen LogP contribution is -2.17. The first-order chi connectivity index (χ1) is 11.1. The summed E-state index contributed by atoms with van der Waals surface area (Å²) in [6, 6.07) is 6.42. The van der Waals surface area contributed by atoms with Crippen molar-refractivity contribution in [2.24, 2.45) is 0 Å². The first-order valence-electron chi connectivity index (χ1n) is 8.02. The molecule has 0 spiro atoms. The summed E-state index contributed by atoms with van der Waals surface area (Å²) in [6.07, 6.45) is 7.60. The number of carbonyl (C=O) groups excluding carboxylic acids is 1. The van der Waals surface area contributed by atoms with Gasteiger partial charge in [-0.3, -0.25) is 10.0 Å². The normalized spacial score (nSPS) is 10.3. The minimum Gasteiger partial charge on any atom is -0.494 e. The lowest BCUT2D eigenvalue weighted by atomic mass is 10.1. The van der Waals surface area contributed by atoms with Crippen LogP contribution in [0.15, 0.2) is 24.3 Å². The first-order valence-corrected chi connectivity index (χ1v) is 8.02. The Kier molecular flexibility index (Phi) is 9.47. The molecule has 0 aliphatic heterocycles. The van der Waals surface area contributed by atoms with Crippen LogP contribution < -0.4 is 10.2 Å². The summed E-state index contributed by atoms with van der Waals surface area (Å²) in [4.78, 5) is 21.5. The van der Waals surface area contributed by atoms with Crippen molar-refractivity contribution in [2.45, 2.75) is 51.4 Å². The molecule has 6 heteroatoms. The van der Waals surface area contributed by atoms with Crippen molar-refractivity contribution in [3.63, 3.8) is 0 Å². The molecule has 23 heavy (non-hydrogen) atoms. The van der Waals surface area contributed by atoms with E-state index in [1.807, 2.05) is 0 Å². The van der Waals surface area contributed by atoms with Crippen LogP contribution in [0.4, 0.5) is 0 Å². The summed E-state index contributed by atoms with van der Waals surface area (Å²) in [6.45, 7) is 0.628. The molecule has 0 saturated carbocycles. The number of hydrogen-bond acceptors (Lipinski definition) is 4. The molecule has 0 atom stereocenters. The predicted molar refractivity (Wildman–Crippen MR) is 85.8 cm³/mol. The van der Waals surface area contributed by atoms with Gasteiger partial charge in [-0.05, 0) is 37.1 Å². The Bertz CT molecular complexity index is 472. The van der Waals surface area contributed by atoms with Gasteiger partial charge in [-0.25, -0.2) is 10.3 Å². The lowest BCUT2D eigenvalue weighted by molar-refractivity contribution is -0.129. The van der Waals surface area contributed by atoms with Crippen LogP contribution in [-0.2, 0) is 4.79 Å². The standard InChI is InChI=1S/C17H25NO5/c19-16(18-22)8-6-4-2-1-3-5-7-13-23-15-11-9-14(10-12-15)17(20)21/h9-12,22H,1-8,13H2,(H,18,19)(H,20,21). The Labute approximate surface area is 136 Å². The van der Waals surface area contributed by atoms with Crippen molar-refractivity contribution < 1.29 is 24.6 Å². The van der Waals surface area contributed by atoms with E-state index in [2.05, 4.69) is 0 Å². The molecular weight excluding hydrogens is 298 g/mol. The van der Waals surface area contributed by atoms with Crippen LogP contribution in [0.25, 0.3) is 0 Å². The van der Waals surface area contributed by atoms with Gasteiger partial charge in [0.1, 0.15) is 5.75 Å². The summed E-state index contributed by atoms with van der Waals surface area (Å²) in [5, 5.41) is 17.1. The third-order valence-electron chi connectivity index (χ3n) is 3.54. The number of benzene rings is 1. The molecule has 6 nitrogen and oxygen atoms in total.